The van der Waals surface area contributed by atoms with Crippen LogP contribution in [0.2, 0.25) is 0 Å². The number of fused-ring (bicyclic) bond motifs is 2. The first-order valence-corrected chi connectivity index (χ1v) is 19.6. The molecule has 9 aromatic carbocycles. The fourth-order valence-corrected chi connectivity index (χ4v) is 8.35. The summed E-state index contributed by atoms with van der Waals surface area (Å²) in [6.45, 7) is 8.67. The number of rotatable bonds is 7. The van der Waals surface area contributed by atoms with E-state index in [-0.39, 0.29) is 5.75 Å². The maximum absolute atomic E-state index is 12.1. The molecule has 0 heterocycles. The number of hydrogen-bond donors (Lipinski definition) is 1. The average Bonchev–Trinajstić information content (AvgIpc) is 3.23. The molecule has 0 aliphatic rings. The number of hydrogen-bond acceptors (Lipinski definition) is 2. The molecule has 0 spiro atoms. The van der Waals surface area contributed by atoms with Gasteiger partial charge in [-0.1, -0.05) is 163 Å². The van der Waals surface area contributed by atoms with Crippen molar-refractivity contribution in [1.82, 2.24) is 0 Å². The van der Waals surface area contributed by atoms with E-state index in [1.807, 2.05) is 24.4 Å². The zero-order chi connectivity index (χ0) is 39.0. The molecule has 0 aliphatic heterocycles. The molecule has 2 heteroatoms. The summed E-state index contributed by atoms with van der Waals surface area (Å²) in [6.07, 6.45) is 1.84. The molecule has 0 fully saturated rings. The lowest BCUT2D eigenvalue weighted by atomic mass is 9.86. The lowest BCUT2D eigenvalue weighted by Gasteiger charge is -2.19. The van der Waals surface area contributed by atoms with E-state index in [1.165, 1.54) is 38.9 Å². The predicted octanol–water partition coefficient (Wildman–Crippen LogP) is 15.0. The summed E-state index contributed by atoms with van der Waals surface area (Å²) < 4.78 is 0. The molecule has 0 saturated carbocycles. The van der Waals surface area contributed by atoms with Gasteiger partial charge in [0, 0.05) is 34.0 Å². The first kappa shape index (κ1) is 35.7. The fourth-order valence-electron chi connectivity index (χ4n) is 8.35. The van der Waals surface area contributed by atoms with Gasteiger partial charge in [-0.2, -0.15) is 0 Å². The van der Waals surface area contributed by atoms with E-state index in [4.69, 9.17) is 4.99 Å². The molecule has 0 aromatic heterocycles. The Hall–Kier alpha value is -7.03. The Balaban J connectivity index is 1.25. The van der Waals surface area contributed by atoms with Crippen LogP contribution in [0.15, 0.2) is 181 Å². The third kappa shape index (κ3) is 6.81. The summed E-state index contributed by atoms with van der Waals surface area (Å²) in [7, 11) is 0. The highest BCUT2D eigenvalue weighted by atomic mass is 16.3. The Labute approximate surface area is 335 Å². The van der Waals surface area contributed by atoms with Crippen LogP contribution in [-0.4, -0.2) is 11.3 Å². The van der Waals surface area contributed by atoms with Gasteiger partial charge in [0.05, 0.1) is 5.69 Å². The Morgan fingerprint density at radius 1 is 0.404 bits per heavy atom. The molecule has 274 valence electrons. The smallest absolute Gasteiger partial charge is 0.132 e. The predicted molar refractivity (Wildman–Crippen MR) is 243 cm³/mol. The van der Waals surface area contributed by atoms with Gasteiger partial charge in [-0.3, -0.25) is 4.99 Å². The van der Waals surface area contributed by atoms with Crippen LogP contribution in [0.3, 0.4) is 0 Å². The van der Waals surface area contributed by atoms with Gasteiger partial charge in [0.1, 0.15) is 5.75 Å². The molecule has 0 atom stereocenters. The quantitative estimate of drug-likeness (QED) is 0.128. The minimum absolute atomic E-state index is 0.206. The number of benzene rings is 9. The van der Waals surface area contributed by atoms with Crippen LogP contribution in [0.5, 0.6) is 5.75 Å². The average molecular weight is 734 g/mol. The van der Waals surface area contributed by atoms with Crippen molar-refractivity contribution in [2.75, 3.05) is 0 Å². The molecule has 0 aliphatic carbocycles. The Kier molecular flexibility index (Phi) is 9.32. The molecule has 9 rings (SSSR count). The van der Waals surface area contributed by atoms with Crippen molar-refractivity contribution in [3.63, 3.8) is 0 Å². The third-order valence-corrected chi connectivity index (χ3v) is 11.2. The summed E-state index contributed by atoms with van der Waals surface area (Å²) in [5, 5.41) is 16.6. The number of aliphatic imine (C=N–C) groups is 1. The molecule has 0 radical (unpaired) electrons. The number of nitrogens with zero attached hydrogens (tertiary/aromatic N) is 1. The van der Waals surface area contributed by atoms with Gasteiger partial charge in [0.25, 0.3) is 0 Å². The highest BCUT2D eigenvalue weighted by molar-refractivity contribution is 6.14. The number of aryl methyl sites for hydroxylation is 4. The fraction of sp³-hybridized carbons (Fsp3) is 0.0727. The molecular weight excluding hydrogens is 691 g/mol. The molecule has 1 N–H and O–H groups in total. The van der Waals surface area contributed by atoms with Gasteiger partial charge in [0.2, 0.25) is 0 Å². The zero-order valence-electron chi connectivity index (χ0n) is 32.7. The highest BCUT2D eigenvalue weighted by Gasteiger charge is 2.19. The molecule has 0 bridgehead atoms. The maximum Gasteiger partial charge on any atom is 0.132 e. The van der Waals surface area contributed by atoms with Crippen LogP contribution >= 0.6 is 0 Å². The Morgan fingerprint density at radius 3 is 1.49 bits per heavy atom. The van der Waals surface area contributed by atoms with E-state index in [1.54, 1.807) is 0 Å². The van der Waals surface area contributed by atoms with E-state index >= 15 is 0 Å². The van der Waals surface area contributed by atoms with Gasteiger partial charge in [-0.25, -0.2) is 0 Å². The topological polar surface area (TPSA) is 32.6 Å². The van der Waals surface area contributed by atoms with Crippen LogP contribution < -0.4 is 0 Å². The summed E-state index contributed by atoms with van der Waals surface area (Å²) >= 11 is 0. The third-order valence-electron chi connectivity index (χ3n) is 11.2. The summed E-state index contributed by atoms with van der Waals surface area (Å²) in [6, 6.07) is 62.2. The van der Waals surface area contributed by atoms with Crippen molar-refractivity contribution in [3.8, 4) is 61.4 Å². The van der Waals surface area contributed by atoms with Gasteiger partial charge in [-0.05, 0) is 118 Å². The van der Waals surface area contributed by atoms with Crippen molar-refractivity contribution < 1.29 is 5.11 Å². The first-order chi connectivity index (χ1) is 27.8. The summed E-state index contributed by atoms with van der Waals surface area (Å²) in [5.41, 5.74) is 17.2. The van der Waals surface area contributed by atoms with Crippen LogP contribution in [0.1, 0.15) is 27.8 Å². The van der Waals surface area contributed by atoms with E-state index in [0.717, 1.165) is 66.2 Å². The summed E-state index contributed by atoms with van der Waals surface area (Å²) in [5.74, 6) is 0.206. The summed E-state index contributed by atoms with van der Waals surface area (Å²) in [4.78, 5) is 5.34. The van der Waals surface area contributed by atoms with Gasteiger partial charge in [-0.15, -0.1) is 0 Å². The minimum atomic E-state index is 0.206. The second-order valence-corrected chi connectivity index (χ2v) is 15.2. The highest BCUT2D eigenvalue weighted by Crippen LogP contribution is 2.46. The van der Waals surface area contributed by atoms with Crippen LogP contribution in [-0.2, 0) is 0 Å². The van der Waals surface area contributed by atoms with E-state index in [0.29, 0.717) is 5.56 Å². The van der Waals surface area contributed by atoms with Crippen LogP contribution in [0.4, 0.5) is 5.69 Å². The molecule has 0 amide bonds. The van der Waals surface area contributed by atoms with Crippen molar-refractivity contribution in [2.24, 2.45) is 4.99 Å². The largest absolute Gasteiger partial charge is 0.507 e. The van der Waals surface area contributed by atoms with Crippen molar-refractivity contribution in [2.45, 2.75) is 27.7 Å². The van der Waals surface area contributed by atoms with E-state index in [9.17, 15) is 5.11 Å². The Morgan fingerprint density at radius 2 is 0.930 bits per heavy atom. The van der Waals surface area contributed by atoms with E-state index < -0.39 is 0 Å². The molecular formula is C55H43NO. The standard InChI is InChI=1S/C55H43NO/c1-35-21-25-40(26-22-35)50-32-46(52-37(3)29-45(30-38(52)4)39-13-6-5-7-14-39)33-51(41-27-23-36(2)24-28-41)54(50)56-34-44-17-12-20-49(55(44)57)53-47-18-10-8-15-42(47)31-43-16-9-11-19-48(43)53/h5-34,57H,1-4H3. The molecule has 2 nitrogen and oxygen atoms in total. The zero-order valence-corrected chi connectivity index (χ0v) is 32.7. The second-order valence-electron chi connectivity index (χ2n) is 15.2. The maximum atomic E-state index is 12.1. The van der Waals surface area contributed by atoms with Crippen LogP contribution in [0, 0.1) is 27.7 Å². The first-order valence-electron chi connectivity index (χ1n) is 19.6. The van der Waals surface area contributed by atoms with E-state index in [2.05, 4.69) is 185 Å². The van der Waals surface area contributed by atoms with Gasteiger partial charge >= 0.3 is 0 Å². The second kappa shape index (κ2) is 14.9. The SMILES string of the molecule is Cc1ccc(-c2cc(-c3c(C)cc(-c4ccccc4)cc3C)cc(-c3ccc(C)cc3)c2N=Cc2cccc(-c3c4ccccc4cc4ccccc34)c2O)cc1. The lowest BCUT2D eigenvalue weighted by Crippen LogP contribution is -1.94. The number of aromatic hydroxyl groups is 1. The molecule has 0 unspecified atom stereocenters. The van der Waals surface area contributed by atoms with Crippen molar-refractivity contribution >= 4 is 33.4 Å². The van der Waals surface area contributed by atoms with Crippen molar-refractivity contribution in [3.05, 3.63) is 204 Å². The Bertz CT molecular complexity index is 2830. The number of para-hydroxylation sites is 1. The van der Waals surface area contributed by atoms with Gasteiger partial charge < -0.3 is 5.11 Å². The van der Waals surface area contributed by atoms with Crippen molar-refractivity contribution in [1.29, 1.82) is 0 Å². The monoisotopic (exact) mass is 733 g/mol. The lowest BCUT2D eigenvalue weighted by molar-refractivity contribution is 0.476. The molecule has 0 saturated heterocycles. The number of phenols is 1. The molecule has 9 aromatic rings. The normalized spacial score (nSPS) is 11.5. The van der Waals surface area contributed by atoms with Gasteiger partial charge in [0.15, 0.2) is 0 Å². The minimum Gasteiger partial charge on any atom is -0.507 e. The van der Waals surface area contributed by atoms with Crippen LogP contribution in [0.25, 0.3) is 77.2 Å². The number of phenolic OH excluding ortho intramolecular Hbond substituents is 1. The molecule has 57 heavy (non-hydrogen) atoms.